The number of hydrogen-bond donors (Lipinski definition) is 0. The Labute approximate surface area is 281 Å². The molecule has 0 atom stereocenters. The van der Waals surface area contributed by atoms with Gasteiger partial charge in [0.05, 0.1) is 11.0 Å². The Hall–Kier alpha value is -5.99. The highest BCUT2D eigenvalue weighted by atomic mass is 15.1. The molecule has 0 amide bonds. The minimum Gasteiger partial charge on any atom is -0.296 e. The number of fused-ring (bicyclic) bond motifs is 4. The van der Waals surface area contributed by atoms with Gasteiger partial charge in [-0.2, -0.15) is 0 Å². The quantitative estimate of drug-likeness (QED) is 0.178. The van der Waals surface area contributed by atoms with Gasteiger partial charge in [0.1, 0.15) is 5.82 Å². The topological polar surface area (TPSA) is 17.8 Å². The van der Waals surface area contributed by atoms with Crippen molar-refractivity contribution in [3.63, 3.8) is 0 Å². The van der Waals surface area contributed by atoms with Crippen LogP contribution in [0.5, 0.6) is 0 Å². The average molecular weight is 606 g/mol. The minimum absolute atomic E-state index is 0.149. The number of nitrogens with zero attached hydrogens (tertiary/aromatic N) is 2. The summed E-state index contributed by atoms with van der Waals surface area (Å²) >= 11 is 0. The molecule has 0 spiro atoms. The third kappa shape index (κ3) is 4.53. The van der Waals surface area contributed by atoms with E-state index in [0.717, 1.165) is 33.0 Å². The van der Waals surface area contributed by atoms with Crippen molar-refractivity contribution < 1.29 is 6.85 Å². The van der Waals surface area contributed by atoms with E-state index in [1.807, 2.05) is 42.5 Å². The number of aromatic nitrogens is 2. The summed E-state index contributed by atoms with van der Waals surface area (Å²) in [6.45, 7) is -2.91. The first-order valence-electron chi connectivity index (χ1n) is 18.3. The van der Waals surface area contributed by atoms with Gasteiger partial charge in [0.15, 0.2) is 0 Å². The molecule has 1 heterocycles. The summed E-state index contributed by atoms with van der Waals surface area (Å²) in [4.78, 5) is 4.51. The van der Waals surface area contributed by atoms with Crippen LogP contribution in [0, 0.1) is 0 Å². The first-order valence-corrected chi connectivity index (χ1v) is 15.8. The number of hydrogen-bond acceptors (Lipinski definition) is 1. The molecule has 0 aliphatic heterocycles. The van der Waals surface area contributed by atoms with E-state index in [1.165, 1.54) is 32.7 Å². The zero-order chi connectivity index (χ0) is 35.6. The maximum absolute atomic E-state index is 8.64. The Bertz CT molecular complexity index is 2770. The molecule has 0 aliphatic rings. The summed E-state index contributed by atoms with van der Waals surface area (Å²) in [5.41, 5.74) is 8.33. The Balaban J connectivity index is 1.22. The number of para-hydroxylation sites is 2. The van der Waals surface area contributed by atoms with Crippen LogP contribution in [0.1, 0.15) is 19.5 Å². The lowest BCUT2D eigenvalue weighted by atomic mass is 9.85. The van der Waals surface area contributed by atoms with Crippen LogP contribution in [-0.2, 0) is 6.37 Å². The first-order chi connectivity index (χ1) is 25.2. The fourth-order valence-electron chi connectivity index (χ4n) is 7.15. The van der Waals surface area contributed by atoms with Gasteiger partial charge in [0.25, 0.3) is 0 Å². The highest BCUT2D eigenvalue weighted by Crippen LogP contribution is 2.44. The lowest BCUT2D eigenvalue weighted by Crippen LogP contribution is -2.00. The van der Waals surface area contributed by atoms with Gasteiger partial charge in [-0.15, -0.1) is 0 Å². The molecular formula is C45H32N2. The smallest absolute Gasteiger partial charge is 0.114 e. The van der Waals surface area contributed by atoms with E-state index in [2.05, 4.69) is 120 Å². The Morgan fingerprint density at radius 1 is 0.511 bits per heavy atom. The van der Waals surface area contributed by atoms with E-state index in [-0.39, 0.29) is 5.82 Å². The van der Waals surface area contributed by atoms with E-state index in [1.54, 1.807) is 10.6 Å². The second kappa shape index (κ2) is 11.1. The van der Waals surface area contributed by atoms with Gasteiger partial charge in [-0.05, 0) is 102 Å². The molecule has 0 saturated heterocycles. The van der Waals surface area contributed by atoms with Crippen molar-refractivity contribution in [3.05, 3.63) is 170 Å². The number of aryl methyl sites for hydroxylation is 1. The van der Waals surface area contributed by atoms with Crippen LogP contribution in [0.3, 0.4) is 0 Å². The van der Waals surface area contributed by atoms with Gasteiger partial charge in [0, 0.05) is 18.9 Å². The van der Waals surface area contributed by atoms with Crippen molar-refractivity contribution >= 4 is 43.4 Å². The molecule has 9 aromatic rings. The van der Waals surface area contributed by atoms with Crippen molar-refractivity contribution in [3.8, 4) is 39.1 Å². The molecule has 0 unspecified atom stereocenters. The van der Waals surface area contributed by atoms with Gasteiger partial charge in [-0.1, -0.05) is 134 Å². The fraction of sp³-hybridized carbons (Fsp3) is 0.0444. The Kier molecular flexibility index (Phi) is 5.32. The maximum atomic E-state index is 8.64. The van der Waals surface area contributed by atoms with Crippen molar-refractivity contribution in [1.82, 2.24) is 9.55 Å². The highest BCUT2D eigenvalue weighted by molar-refractivity contribution is 6.21. The number of benzene rings is 8. The second-order valence-corrected chi connectivity index (χ2v) is 11.9. The van der Waals surface area contributed by atoms with Crippen LogP contribution in [0.15, 0.2) is 164 Å². The van der Waals surface area contributed by atoms with Crippen LogP contribution in [0.2, 0.25) is 0 Å². The molecule has 0 fully saturated rings. The number of rotatable bonds is 5. The maximum Gasteiger partial charge on any atom is 0.114 e. The molecule has 2 nitrogen and oxygen atoms in total. The standard InChI is InChI=1S/C45H32N2/c1-2-43-46-41-23-9-10-24-42(41)47(43)36-18-12-16-33(29-36)32-15-11-17-34(28-32)44-37-19-5-7-21-39(37)45(40-22-8-6-20-38(40)44)35-26-25-30-13-3-4-14-31(30)27-35/h3-29H,2H2,1H3/i1D3,2D2. The SMILES string of the molecule is [2H]C([2H])([2H])C([2H])([2H])c1nc2ccccc2n1-c1cccc(-c2cccc(-c3c4ccccc4c(-c4ccc5ccccc5c4)c4ccccc34)c2)c1. The first kappa shape index (κ1) is 22.5. The van der Waals surface area contributed by atoms with Crippen LogP contribution >= 0.6 is 0 Å². The lowest BCUT2D eigenvalue weighted by Gasteiger charge is -2.18. The summed E-state index contributed by atoms with van der Waals surface area (Å²) in [7, 11) is 0. The van der Waals surface area contributed by atoms with Gasteiger partial charge in [-0.25, -0.2) is 4.98 Å². The third-order valence-electron chi connectivity index (χ3n) is 9.23. The van der Waals surface area contributed by atoms with E-state index in [4.69, 9.17) is 6.85 Å². The monoisotopic (exact) mass is 605 g/mol. The summed E-state index contributed by atoms with van der Waals surface area (Å²) in [6, 6.07) is 56.0. The minimum atomic E-state index is -2.91. The van der Waals surface area contributed by atoms with E-state index < -0.39 is 13.2 Å². The van der Waals surface area contributed by atoms with Crippen LogP contribution < -0.4 is 0 Å². The molecule has 0 saturated carbocycles. The zero-order valence-electron chi connectivity index (χ0n) is 30.5. The van der Waals surface area contributed by atoms with Gasteiger partial charge < -0.3 is 0 Å². The average Bonchev–Trinajstić information content (AvgIpc) is 3.57. The van der Waals surface area contributed by atoms with Crippen molar-refractivity contribution in [2.45, 2.75) is 13.2 Å². The summed E-state index contributed by atoms with van der Waals surface area (Å²) in [6.07, 6.45) is -2.68. The van der Waals surface area contributed by atoms with Crippen molar-refractivity contribution in [1.29, 1.82) is 0 Å². The molecular weight excluding hydrogens is 569 g/mol. The summed E-state index contributed by atoms with van der Waals surface area (Å²) in [5, 5.41) is 7.11. The molecule has 8 aromatic carbocycles. The molecule has 0 aliphatic carbocycles. The highest BCUT2D eigenvalue weighted by Gasteiger charge is 2.17. The zero-order valence-corrected chi connectivity index (χ0v) is 25.5. The Morgan fingerprint density at radius 3 is 1.81 bits per heavy atom. The number of imidazole rings is 1. The lowest BCUT2D eigenvalue weighted by molar-refractivity contribution is 0.908. The van der Waals surface area contributed by atoms with E-state index in [0.29, 0.717) is 16.7 Å². The molecule has 0 radical (unpaired) electrons. The molecule has 0 N–H and O–H groups in total. The van der Waals surface area contributed by atoms with Crippen LogP contribution in [0.25, 0.3) is 82.4 Å². The largest absolute Gasteiger partial charge is 0.296 e. The Morgan fingerprint density at radius 2 is 1.09 bits per heavy atom. The fourth-order valence-corrected chi connectivity index (χ4v) is 7.15. The molecule has 0 bridgehead atoms. The normalized spacial score (nSPS) is 13.7. The van der Waals surface area contributed by atoms with Gasteiger partial charge in [0.2, 0.25) is 0 Å². The van der Waals surface area contributed by atoms with E-state index in [9.17, 15) is 0 Å². The van der Waals surface area contributed by atoms with Crippen LogP contribution in [0.4, 0.5) is 0 Å². The molecule has 2 heteroatoms. The second-order valence-electron chi connectivity index (χ2n) is 11.9. The molecule has 222 valence electrons. The van der Waals surface area contributed by atoms with E-state index >= 15 is 0 Å². The molecule has 9 rings (SSSR count). The van der Waals surface area contributed by atoms with Crippen LogP contribution in [-0.4, -0.2) is 9.55 Å². The molecule has 47 heavy (non-hydrogen) atoms. The molecule has 1 aromatic heterocycles. The summed E-state index contributed by atoms with van der Waals surface area (Å²) in [5.74, 6) is -0.149. The van der Waals surface area contributed by atoms with Crippen molar-refractivity contribution in [2.75, 3.05) is 0 Å². The van der Waals surface area contributed by atoms with Gasteiger partial charge in [-0.3, -0.25) is 4.57 Å². The predicted octanol–water partition coefficient (Wildman–Crippen LogP) is 12.0. The third-order valence-corrected chi connectivity index (χ3v) is 9.23. The van der Waals surface area contributed by atoms with Gasteiger partial charge >= 0.3 is 0 Å². The van der Waals surface area contributed by atoms with Crippen molar-refractivity contribution in [2.24, 2.45) is 0 Å². The predicted molar refractivity (Wildman–Crippen MR) is 199 cm³/mol. The summed E-state index contributed by atoms with van der Waals surface area (Å²) < 4.78 is 42.9.